The van der Waals surface area contributed by atoms with E-state index in [1.807, 2.05) is 6.92 Å². The van der Waals surface area contributed by atoms with E-state index in [-0.39, 0.29) is 11.9 Å². The molecule has 24 heavy (non-hydrogen) atoms. The van der Waals surface area contributed by atoms with Crippen LogP contribution in [0.15, 0.2) is 36.5 Å². The molecule has 0 bridgehead atoms. The van der Waals surface area contributed by atoms with Gasteiger partial charge in [-0.2, -0.15) is 15.4 Å². The molecule has 1 amide bonds. The highest BCUT2D eigenvalue weighted by atomic mass is 16.2. The number of hydrogen-bond donors (Lipinski definition) is 2. The van der Waals surface area contributed by atoms with Gasteiger partial charge in [-0.15, -0.1) is 0 Å². The minimum Gasteiger partial charge on any atom is -0.349 e. The van der Waals surface area contributed by atoms with Crippen molar-refractivity contribution in [3.8, 4) is 0 Å². The number of likely N-dealkylation sites (tertiary alicyclic amines) is 1. The van der Waals surface area contributed by atoms with Crippen LogP contribution in [0.25, 0.3) is 0 Å². The molecular weight excluding hydrogens is 302 g/mol. The van der Waals surface area contributed by atoms with Crippen molar-refractivity contribution in [3.05, 3.63) is 47.8 Å². The molecule has 0 radical (unpaired) electrons. The quantitative estimate of drug-likeness (QED) is 0.848. The Bertz CT molecular complexity index is 620. The molecule has 0 aliphatic carbocycles. The van der Waals surface area contributed by atoms with Gasteiger partial charge in [0.15, 0.2) is 0 Å². The van der Waals surface area contributed by atoms with Crippen LogP contribution in [0.3, 0.4) is 0 Å². The van der Waals surface area contributed by atoms with Crippen LogP contribution in [-0.2, 0) is 17.8 Å². The lowest BCUT2D eigenvalue weighted by atomic mass is 9.89. The smallest absolute Gasteiger partial charge is 0.237 e. The monoisotopic (exact) mass is 327 g/mol. The SMILES string of the molecule is C[C@H](C(=O)NCc1cn[nH]n1)N1CCC(Cc2ccccc2)CC1. The number of carbonyl (C=O) groups is 1. The predicted octanol–water partition coefficient (Wildman–Crippen LogP) is 1.76. The first kappa shape index (κ1) is 16.6. The summed E-state index contributed by atoms with van der Waals surface area (Å²) >= 11 is 0. The van der Waals surface area contributed by atoms with Gasteiger partial charge in [-0.3, -0.25) is 9.69 Å². The van der Waals surface area contributed by atoms with Crippen molar-refractivity contribution in [2.75, 3.05) is 13.1 Å². The van der Waals surface area contributed by atoms with Crippen LogP contribution in [-0.4, -0.2) is 45.3 Å². The van der Waals surface area contributed by atoms with Crippen LogP contribution in [0.5, 0.6) is 0 Å². The number of H-pyrrole nitrogens is 1. The maximum absolute atomic E-state index is 12.3. The Balaban J connectivity index is 1.42. The number of piperidine rings is 1. The molecular formula is C18H25N5O. The summed E-state index contributed by atoms with van der Waals surface area (Å²) in [5.74, 6) is 0.772. The Hall–Kier alpha value is -2.21. The zero-order valence-corrected chi connectivity index (χ0v) is 14.1. The molecule has 0 spiro atoms. The van der Waals surface area contributed by atoms with E-state index in [0.29, 0.717) is 12.5 Å². The zero-order chi connectivity index (χ0) is 16.8. The first-order valence-corrected chi connectivity index (χ1v) is 8.62. The molecule has 2 N–H and O–H groups in total. The van der Waals surface area contributed by atoms with Crippen LogP contribution in [0.4, 0.5) is 0 Å². The Kier molecular flexibility index (Phi) is 5.59. The van der Waals surface area contributed by atoms with E-state index in [0.717, 1.165) is 38.0 Å². The standard InChI is InChI=1S/C18H25N5O/c1-14(18(24)19-12-17-13-20-22-21-17)23-9-7-16(8-10-23)11-15-5-3-2-4-6-15/h2-6,13-14,16H,7-12H2,1H3,(H,19,24)(H,20,21,22)/t14-/m1/s1. The third-order valence-electron chi connectivity index (χ3n) is 4.85. The minimum absolute atomic E-state index is 0.0551. The van der Waals surface area contributed by atoms with E-state index >= 15 is 0 Å². The number of amides is 1. The van der Waals surface area contributed by atoms with Gasteiger partial charge >= 0.3 is 0 Å². The highest BCUT2D eigenvalue weighted by Gasteiger charge is 2.26. The number of carbonyl (C=O) groups excluding carboxylic acids is 1. The molecule has 2 heterocycles. The number of nitrogens with zero attached hydrogens (tertiary/aromatic N) is 3. The van der Waals surface area contributed by atoms with Crippen molar-refractivity contribution in [3.63, 3.8) is 0 Å². The second-order valence-electron chi connectivity index (χ2n) is 6.52. The average molecular weight is 327 g/mol. The number of hydrogen-bond acceptors (Lipinski definition) is 4. The first-order chi connectivity index (χ1) is 11.7. The molecule has 128 valence electrons. The van der Waals surface area contributed by atoms with Gasteiger partial charge in [0.25, 0.3) is 0 Å². The van der Waals surface area contributed by atoms with Crippen LogP contribution >= 0.6 is 0 Å². The number of rotatable bonds is 6. The second kappa shape index (κ2) is 8.06. The Morgan fingerprint density at radius 1 is 1.33 bits per heavy atom. The third kappa shape index (κ3) is 4.41. The second-order valence-corrected chi connectivity index (χ2v) is 6.52. The van der Waals surface area contributed by atoms with Gasteiger partial charge in [-0.25, -0.2) is 0 Å². The molecule has 2 aromatic rings. The molecule has 1 saturated heterocycles. The van der Waals surface area contributed by atoms with Crippen LogP contribution in [0, 0.1) is 5.92 Å². The lowest BCUT2D eigenvalue weighted by Gasteiger charge is -2.35. The molecule has 1 aliphatic rings. The van der Waals surface area contributed by atoms with Crippen LogP contribution in [0.2, 0.25) is 0 Å². The fourth-order valence-corrected chi connectivity index (χ4v) is 3.29. The fraction of sp³-hybridized carbons (Fsp3) is 0.500. The number of benzene rings is 1. The van der Waals surface area contributed by atoms with Crippen molar-refractivity contribution in [2.24, 2.45) is 5.92 Å². The van der Waals surface area contributed by atoms with Crippen molar-refractivity contribution in [1.29, 1.82) is 0 Å². The summed E-state index contributed by atoms with van der Waals surface area (Å²) in [6.45, 7) is 4.37. The highest BCUT2D eigenvalue weighted by molar-refractivity contribution is 5.81. The molecule has 1 aromatic heterocycles. The Morgan fingerprint density at radius 3 is 2.75 bits per heavy atom. The molecule has 0 saturated carbocycles. The summed E-state index contributed by atoms with van der Waals surface area (Å²) < 4.78 is 0. The summed E-state index contributed by atoms with van der Waals surface area (Å²) in [5, 5.41) is 13.2. The minimum atomic E-state index is -0.102. The van der Waals surface area contributed by atoms with Gasteiger partial charge in [-0.05, 0) is 50.8 Å². The van der Waals surface area contributed by atoms with Crippen molar-refractivity contribution in [1.82, 2.24) is 25.6 Å². The first-order valence-electron chi connectivity index (χ1n) is 8.62. The van der Waals surface area contributed by atoms with E-state index in [2.05, 4.69) is 56.0 Å². The molecule has 1 aliphatic heterocycles. The Labute approximate surface area is 142 Å². The van der Waals surface area contributed by atoms with E-state index in [1.165, 1.54) is 5.56 Å². The van der Waals surface area contributed by atoms with Crippen molar-refractivity contribution in [2.45, 2.75) is 38.8 Å². The van der Waals surface area contributed by atoms with E-state index in [4.69, 9.17) is 0 Å². The molecule has 1 atom stereocenters. The van der Waals surface area contributed by atoms with Gasteiger partial charge in [-0.1, -0.05) is 30.3 Å². The van der Waals surface area contributed by atoms with E-state index in [9.17, 15) is 4.79 Å². The summed E-state index contributed by atoms with van der Waals surface area (Å²) in [6.07, 6.45) is 5.06. The normalized spacial score (nSPS) is 17.5. The van der Waals surface area contributed by atoms with Crippen LogP contribution < -0.4 is 5.32 Å². The third-order valence-corrected chi connectivity index (χ3v) is 4.85. The van der Waals surface area contributed by atoms with Gasteiger partial charge < -0.3 is 5.32 Å². The van der Waals surface area contributed by atoms with E-state index in [1.54, 1.807) is 6.20 Å². The number of aromatic nitrogens is 3. The van der Waals surface area contributed by atoms with Crippen molar-refractivity contribution >= 4 is 5.91 Å². The largest absolute Gasteiger partial charge is 0.349 e. The molecule has 0 unspecified atom stereocenters. The lowest BCUT2D eigenvalue weighted by molar-refractivity contribution is -0.126. The van der Waals surface area contributed by atoms with E-state index < -0.39 is 0 Å². The van der Waals surface area contributed by atoms with Gasteiger partial charge in [0.2, 0.25) is 5.91 Å². The molecule has 6 heteroatoms. The summed E-state index contributed by atoms with van der Waals surface area (Å²) in [7, 11) is 0. The van der Waals surface area contributed by atoms with Gasteiger partial charge in [0, 0.05) is 0 Å². The van der Waals surface area contributed by atoms with Gasteiger partial charge in [0.1, 0.15) is 5.69 Å². The molecule has 6 nitrogen and oxygen atoms in total. The zero-order valence-electron chi connectivity index (χ0n) is 14.1. The summed E-state index contributed by atoms with van der Waals surface area (Å²) in [5.41, 5.74) is 2.16. The maximum Gasteiger partial charge on any atom is 0.237 e. The molecule has 1 fully saturated rings. The predicted molar refractivity (Wildman–Crippen MR) is 92.1 cm³/mol. The molecule has 1 aromatic carbocycles. The lowest BCUT2D eigenvalue weighted by Crippen LogP contribution is -2.48. The van der Waals surface area contributed by atoms with Gasteiger partial charge in [0.05, 0.1) is 18.8 Å². The number of aromatic amines is 1. The topological polar surface area (TPSA) is 73.9 Å². The number of nitrogens with one attached hydrogen (secondary N) is 2. The maximum atomic E-state index is 12.3. The van der Waals surface area contributed by atoms with Crippen molar-refractivity contribution < 1.29 is 4.79 Å². The molecule has 3 rings (SSSR count). The van der Waals surface area contributed by atoms with Crippen LogP contribution in [0.1, 0.15) is 31.0 Å². The Morgan fingerprint density at radius 2 is 2.08 bits per heavy atom. The summed E-state index contributed by atoms with van der Waals surface area (Å²) in [4.78, 5) is 14.6. The summed E-state index contributed by atoms with van der Waals surface area (Å²) in [6, 6.07) is 10.6. The fourth-order valence-electron chi connectivity index (χ4n) is 3.29. The average Bonchev–Trinajstić information content (AvgIpc) is 3.14. The highest BCUT2D eigenvalue weighted by Crippen LogP contribution is 2.22.